The second kappa shape index (κ2) is 13.1. The summed E-state index contributed by atoms with van der Waals surface area (Å²) in [4.78, 5) is 0. The molecule has 0 aromatic rings. The zero-order chi connectivity index (χ0) is 10.5. The molecule has 0 heterocycles. The molecule has 0 aliphatic carbocycles. The van der Waals surface area contributed by atoms with Gasteiger partial charge in [0.2, 0.25) is 9.76 Å². The summed E-state index contributed by atoms with van der Waals surface area (Å²) >= 11 is 0. The highest BCUT2D eigenvalue weighted by Crippen LogP contribution is 1.81. The van der Waals surface area contributed by atoms with Crippen molar-refractivity contribution in [3.05, 3.63) is 0 Å². The van der Waals surface area contributed by atoms with Crippen LogP contribution in [0.2, 0.25) is 6.55 Å². The third-order valence-electron chi connectivity index (χ3n) is 1.42. The largest absolute Gasteiger partial charge is 0.415 e. The molecule has 0 fully saturated rings. The van der Waals surface area contributed by atoms with Crippen LogP contribution in [0.1, 0.15) is 6.92 Å². The van der Waals surface area contributed by atoms with E-state index in [2.05, 4.69) is 0 Å². The molecule has 0 aliphatic rings. The number of hydrogen-bond donors (Lipinski definition) is 0. The van der Waals surface area contributed by atoms with E-state index in [0.29, 0.717) is 49.4 Å². The lowest BCUT2D eigenvalue weighted by molar-refractivity contribution is 0.0116. The first-order chi connectivity index (χ1) is 6.91. The predicted octanol–water partition coefficient (Wildman–Crippen LogP) is 0.740. The lowest BCUT2D eigenvalue weighted by Gasteiger charge is -2.05. The Morgan fingerprint density at radius 3 is 1.79 bits per heavy atom. The summed E-state index contributed by atoms with van der Waals surface area (Å²) in [6.07, 6.45) is 0. The van der Waals surface area contributed by atoms with Crippen molar-refractivity contribution >= 4 is 9.76 Å². The van der Waals surface area contributed by atoms with Crippen molar-refractivity contribution in [3.63, 3.8) is 0 Å². The minimum absolute atomic E-state index is 0.542. The molecule has 14 heavy (non-hydrogen) atoms. The van der Waals surface area contributed by atoms with Gasteiger partial charge in [-0.3, -0.25) is 0 Å². The second-order valence-electron chi connectivity index (χ2n) is 2.47. The van der Waals surface area contributed by atoms with Crippen molar-refractivity contribution in [3.8, 4) is 0 Å². The van der Waals surface area contributed by atoms with E-state index in [1.807, 2.05) is 13.5 Å². The van der Waals surface area contributed by atoms with Gasteiger partial charge in [-0.1, -0.05) is 0 Å². The molecule has 0 aromatic carbocycles. The molecular formula is C9H20O4Si. The van der Waals surface area contributed by atoms with Crippen molar-refractivity contribution in [1.82, 2.24) is 0 Å². The summed E-state index contributed by atoms with van der Waals surface area (Å²) in [6.45, 7) is 8.59. The predicted molar refractivity (Wildman–Crippen MR) is 55.7 cm³/mol. The van der Waals surface area contributed by atoms with Crippen LogP contribution in [-0.4, -0.2) is 56.0 Å². The maximum absolute atomic E-state index is 5.26. The Hall–Kier alpha value is 0.0569. The van der Waals surface area contributed by atoms with Gasteiger partial charge in [-0.15, -0.1) is 0 Å². The molecule has 0 N–H and O–H groups in total. The summed E-state index contributed by atoms with van der Waals surface area (Å²) in [5, 5.41) is 0. The molecule has 0 spiro atoms. The monoisotopic (exact) mass is 220 g/mol. The molecule has 84 valence electrons. The Kier molecular flexibility index (Phi) is 13.1. The molecule has 0 atom stereocenters. The summed E-state index contributed by atoms with van der Waals surface area (Å²) in [6, 6.07) is 0. The molecule has 0 saturated heterocycles. The van der Waals surface area contributed by atoms with E-state index in [4.69, 9.17) is 18.6 Å². The van der Waals surface area contributed by atoms with Gasteiger partial charge >= 0.3 is 0 Å². The molecule has 4 nitrogen and oxygen atoms in total. The topological polar surface area (TPSA) is 36.9 Å². The van der Waals surface area contributed by atoms with Crippen LogP contribution < -0.4 is 0 Å². The summed E-state index contributed by atoms with van der Waals surface area (Å²) in [5.74, 6) is 0. The molecule has 5 heteroatoms. The quantitative estimate of drug-likeness (QED) is 0.380. The Bertz CT molecular complexity index is 90.8. The standard InChI is InChI=1S/C9H20O4Si/c1-3-10-4-5-11-6-7-12-8-9-13-14-2/h3-9H2,1-2H3. The fourth-order valence-electron chi connectivity index (χ4n) is 0.787. The minimum atomic E-state index is 0.542. The van der Waals surface area contributed by atoms with Gasteiger partial charge in [0.25, 0.3) is 0 Å². The van der Waals surface area contributed by atoms with E-state index in [1.165, 1.54) is 0 Å². The molecule has 0 aromatic heterocycles. The Morgan fingerprint density at radius 1 is 0.786 bits per heavy atom. The van der Waals surface area contributed by atoms with E-state index >= 15 is 0 Å². The van der Waals surface area contributed by atoms with Crippen molar-refractivity contribution < 1.29 is 18.6 Å². The van der Waals surface area contributed by atoms with Crippen LogP contribution in [0.4, 0.5) is 0 Å². The first-order valence-corrected chi connectivity index (χ1v) is 6.34. The van der Waals surface area contributed by atoms with E-state index in [9.17, 15) is 0 Å². The van der Waals surface area contributed by atoms with E-state index in [-0.39, 0.29) is 0 Å². The highest BCUT2D eigenvalue weighted by Gasteiger charge is 1.90. The molecule has 2 radical (unpaired) electrons. The Labute approximate surface area is 88.8 Å². The number of hydrogen-bond acceptors (Lipinski definition) is 4. The average Bonchev–Trinajstić information content (AvgIpc) is 2.21. The molecule has 0 rings (SSSR count). The van der Waals surface area contributed by atoms with Crippen LogP contribution in [0.5, 0.6) is 0 Å². The molecular weight excluding hydrogens is 200 g/mol. The van der Waals surface area contributed by atoms with Crippen LogP contribution in [0.25, 0.3) is 0 Å². The minimum Gasteiger partial charge on any atom is -0.415 e. The van der Waals surface area contributed by atoms with Crippen molar-refractivity contribution in [2.24, 2.45) is 0 Å². The van der Waals surface area contributed by atoms with Gasteiger partial charge in [0.05, 0.1) is 39.6 Å². The normalized spacial score (nSPS) is 10.7. The zero-order valence-corrected chi connectivity index (χ0v) is 10.1. The molecule has 0 aliphatic heterocycles. The van der Waals surface area contributed by atoms with E-state index < -0.39 is 0 Å². The smallest absolute Gasteiger partial charge is 0.226 e. The van der Waals surface area contributed by atoms with Gasteiger partial charge in [0, 0.05) is 6.61 Å². The van der Waals surface area contributed by atoms with Crippen LogP contribution in [0.3, 0.4) is 0 Å². The van der Waals surface area contributed by atoms with Gasteiger partial charge in [-0.2, -0.15) is 0 Å². The summed E-state index contributed by atoms with van der Waals surface area (Å²) in [7, 11) is 0.542. The maximum atomic E-state index is 5.26. The molecule has 0 unspecified atom stereocenters. The van der Waals surface area contributed by atoms with Gasteiger partial charge in [0.1, 0.15) is 0 Å². The van der Waals surface area contributed by atoms with Crippen molar-refractivity contribution in [2.45, 2.75) is 13.5 Å². The maximum Gasteiger partial charge on any atom is 0.226 e. The van der Waals surface area contributed by atoms with Crippen molar-refractivity contribution in [1.29, 1.82) is 0 Å². The van der Waals surface area contributed by atoms with Crippen molar-refractivity contribution in [2.75, 3.05) is 46.2 Å². The lowest BCUT2D eigenvalue weighted by atomic mass is 10.7. The first kappa shape index (κ1) is 14.1. The van der Waals surface area contributed by atoms with Gasteiger partial charge in [-0.25, -0.2) is 0 Å². The lowest BCUT2D eigenvalue weighted by Crippen LogP contribution is -2.12. The highest BCUT2D eigenvalue weighted by atomic mass is 28.2. The van der Waals surface area contributed by atoms with Gasteiger partial charge in [-0.05, 0) is 13.5 Å². The van der Waals surface area contributed by atoms with Gasteiger partial charge in [0.15, 0.2) is 0 Å². The molecule has 0 bridgehead atoms. The van der Waals surface area contributed by atoms with Gasteiger partial charge < -0.3 is 18.6 Å². The Balaban J connectivity index is 2.78. The number of rotatable bonds is 11. The highest BCUT2D eigenvalue weighted by molar-refractivity contribution is 6.24. The number of ether oxygens (including phenoxy) is 3. The average molecular weight is 220 g/mol. The van der Waals surface area contributed by atoms with Crippen LogP contribution in [0.15, 0.2) is 0 Å². The fraction of sp³-hybridized carbons (Fsp3) is 1.00. The third-order valence-corrected chi connectivity index (χ3v) is 1.92. The van der Waals surface area contributed by atoms with Crippen LogP contribution in [0, 0.1) is 0 Å². The molecule has 0 amide bonds. The molecule has 0 saturated carbocycles. The van der Waals surface area contributed by atoms with Crippen LogP contribution in [-0.2, 0) is 18.6 Å². The van der Waals surface area contributed by atoms with E-state index in [0.717, 1.165) is 6.61 Å². The third kappa shape index (κ3) is 12.1. The van der Waals surface area contributed by atoms with E-state index in [1.54, 1.807) is 0 Å². The first-order valence-electron chi connectivity index (χ1n) is 4.93. The fourth-order valence-corrected chi connectivity index (χ4v) is 1.07. The second-order valence-corrected chi connectivity index (χ2v) is 3.17. The SMILES string of the molecule is CCOCCOCCOCCO[Si]C. The Morgan fingerprint density at radius 2 is 1.29 bits per heavy atom. The van der Waals surface area contributed by atoms with Crippen LogP contribution >= 0.6 is 0 Å². The summed E-state index contributed by atoms with van der Waals surface area (Å²) in [5.41, 5.74) is 0. The zero-order valence-electron chi connectivity index (χ0n) is 9.08. The summed E-state index contributed by atoms with van der Waals surface area (Å²) < 4.78 is 20.8.